The Morgan fingerprint density at radius 3 is 2.65 bits per heavy atom. The number of ether oxygens (including phenoxy) is 1. The number of nitrogens with zero attached hydrogens (tertiary/aromatic N) is 1. The quantitative estimate of drug-likeness (QED) is 0.560. The first-order valence-electron chi connectivity index (χ1n) is 7.45. The first-order valence-corrected chi connectivity index (χ1v) is 9.83. The largest absolute Gasteiger partial charge is 0.480 e. The van der Waals surface area contributed by atoms with E-state index in [1.165, 1.54) is 17.7 Å². The van der Waals surface area contributed by atoms with Crippen LogP contribution in [0.3, 0.4) is 0 Å². The van der Waals surface area contributed by atoms with E-state index in [1.807, 2.05) is 23.9 Å². The van der Waals surface area contributed by atoms with Gasteiger partial charge in [-0.25, -0.2) is 4.98 Å². The molecule has 0 spiro atoms. The smallest absolute Gasteiger partial charge is 0.232 e. The van der Waals surface area contributed by atoms with Gasteiger partial charge >= 0.3 is 0 Å². The average Bonchev–Trinajstić information content (AvgIpc) is 3.38. The lowest BCUT2D eigenvalue weighted by atomic mass is 10.0. The Kier molecular flexibility index (Phi) is 5.67. The number of allylic oxidation sites excluding steroid dienone is 1. The van der Waals surface area contributed by atoms with Crippen LogP contribution in [0.4, 0.5) is 0 Å². The van der Waals surface area contributed by atoms with Crippen LogP contribution in [0.5, 0.6) is 5.88 Å². The van der Waals surface area contributed by atoms with Gasteiger partial charge in [-0.2, -0.15) is 0 Å². The van der Waals surface area contributed by atoms with E-state index < -0.39 is 0 Å². The SMILES string of the molecule is COc1nc(/C(=C\CBr)c2ccc(SC3CC3)cc2)ccc1Cl. The molecule has 0 bridgehead atoms. The molecule has 0 unspecified atom stereocenters. The molecule has 2 nitrogen and oxygen atoms in total. The number of thioether (sulfide) groups is 1. The highest BCUT2D eigenvalue weighted by molar-refractivity contribution is 9.09. The van der Waals surface area contributed by atoms with Crippen molar-refractivity contribution in [3.63, 3.8) is 0 Å². The third kappa shape index (κ3) is 4.31. The van der Waals surface area contributed by atoms with Gasteiger partial charge in [0, 0.05) is 21.0 Å². The molecule has 5 heteroatoms. The third-order valence-electron chi connectivity index (χ3n) is 3.56. The number of hydrogen-bond donors (Lipinski definition) is 0. The lowest BCUT2D eigenvalue weighted by Gasteiger charge is -2.10. The highest BCUT2D eigenvalue weighted by Gasteiger charge is 2.22. The summed E-state index contributed by atoms with van der Waals surface area (Å²) in [6.45, 7) is 0. The monoisotopic (exact) mass is 409 g/mol. The number of halogens is 2. The van der Waals surface area contributed by atoms with E-state index in [0.29, 0.717) is 10.9 Å². The minimum absolute atomic E-state index is 0.450. The van der Waals surface area contributed by atoms with Gasteiger partial charge in [0.1, 0.15) is 5.02 Å². The Labute approximate surface area is 154 Å². The molecule has 1 aliphatic carbocycles. The number of hydrogen-bond acceptors (Lipinski definition) is 3. The predicted molar refractivity (Wildman–Crippen MR) is 102 cm³/mol. The van der Waals surface area contributed by atoms with Gasteiger partial charge in [0.05, 0.1) is 12.8 Å². The van der Waals surface area contributed by atoms with E-state index >= 15 is 0 Å². The van der Waals surface area contributed by atoms with E-state index in [1.54, 1.807) is 7.11 Å². The van der Waals surface area contributed by atoms with Gasteiger partial charge in [-0.3, -0.25) is 0 Å². The van der Waals surface area contributed by atoms with Crippen molar-refractivity contribution in [3.05, 3.63) is 58.8 Å². The van der Waals surface area contributed by atoms with Crippen molar-refractivity contribution in [1.82, 2.24) is 4.98 Å². The molecular weight excluding hydrogens is 394 g/mol. The molecule has 3 rings (SSSR count). The van der Waals surface area contributed by atoms with E-state index in [0.717, 1.165) is 27.4 Å². The van der Waals surface area contributed by atoms with Crippen LogP contribution >= 0.6 is 39.3 Å². The summed E-state index contributed by atoms with van der Waals surface area (Å²) >= 11 is 11.5. The van der Waals surface area contributed by atoms with Crippen LogP contribution in [-0.4, -0.2) is 22.7 Å². The average molecular weight is 411 g/mol. The van der Waals surface area contributed by atoms with E-state index in [-0.39, 0.29) is 0 Å². The summed E-state index contributed by atoms with van der Waals surface area (Å²) in [6.07, 6.45) is 4.80. The Hall–Kier alpha value is -0.970. The van der Waals surface area contributed by atoms with Crippen LogP contribution in [0.1, 0.15) is 24.1 Å². The van der Waals surface area contributed by atoms with Gasteiger partial charge in [-0.15, -0.1) is 11.8 Å². The number of alkyl halides is 1. The number of pyridine rings is 1. The number of benzene rings is 1. The molecule has 0 atom stereocenters. The van der Waals surface area contributed by atoms with Gasteiger partial charge in [0.25, 0.3) is 0 Å². The fourth-order valence-electron chi connectivity index (χ4n) is 2.26. The van der Waals surface area contributed by atoms with Crippen molar-refractivity contribution in [1.29, 1.82) is 0 Å². The Balaban J connectivity index is 1.90. The van der Waals surface area contributed by atoms with Crippen molar-refractivity contribution >= 4 is 44.9 Å². The van der Waals surface area contributed by atoms with Crippen molar-refractivity contribution in [2.24, 2.45) is 0 Å². The van der Waals surface area contributed by atoms with Gasteiger partial charge in [0.2, 0.25) is 5.88 Å². The van der Waals surface area contributed by atoms with Gasteiger partial charge < -0.3 is 4.74 Å². The maximum Gasteiger partial charge on any atom is 0.232 e. The normalized spacial score (nSPS) is 14.8. The summed E-state index contributed by atoms with van der Waals surface area (Å²) in [6, 6.07) is 12.4. The number of methoxy groups -OCH3 is 1. The fraction of sp³-hybridized carbons (Fsp3) is 0.278. The highest BCUT2D eigenvalue weighted by Crippen LogP contribution is 2.39. The van der Waals surface area contributed by atoms with Gasteiger partial charge in [-0.05, 0) is 42.7 Å². The van der Waals surface area contributed by atoms with Crippen molar-refractivity contribution < 1.29 is 4.74 Å². The minimum atomic E-state index is 0.450. The van der Waals surface area contributed by atoms with Crippen LogP contribution in [0.15, 0.2) is 47.4 Å². The molecule has 23 heavy (non-hydrogen) atoms. The van der Waals surface area contributed by atoms with Crippen LogP contribution in [0.2, 0.25) is 5.02 Å². The second-order valence-electron chi connectivity index (χ2n) is 5.30. The molecule has 1 saturated carbocycles. The summed E-state index contributed by atoms with van der Waals surface area (Å²) in [4.78, 5) is 5.85. The molecule has 0 radical (unpaired) electrons. The molecule has 0 saturated heterocycles. The van der Waals surface area contributed by atoms with E-state index in [9.17, 15) is 0 Å². The standard InChI is InChI=1S/C18H17BrClNOS/c1-22-18-16(20)8-9-17(21-18)15(10-11-19)12-2-4-13(5-3-12)23-14-6-7-14/h2-5,8-10,14H,6-7,11H2,1H3/b15-10-. The van der Waals surface area contributed by atoms with Crippen LogP contribution < -0.4 is 4.74 Å². The topological polar surface area (TPSA) is 22.1 Å². The summed E-state index contributed by atoms with van der Waals surface area (Å²) < 4.78 is 5.23. The van der Waals surface area contributed by atoms with E-state index in [4.69, 9.17) is 16.3 Å². The zero-order chi connectivity index (χ0) is 16.2. The molecule has 1 heterocycles. The first kappa shape index (κ1) is 16.9. The number of rotatable bonds is 6. The molecule has 1 aromatic heterocycles. The maximum absolute atomic E-state index is 6.08. The van der Waals surface area contributed by atoms with Crippen LogP contribution in [-0.2, 0) is 0 Å². The molecule has 1 fully saturated rings. The van der Waals surface area contributed by atoms with Crippen molar-refractivity contribution in [2.45, 2.75) is 23.0 Å². The zero-order valence-corrected chi connectivity index (χ0v) is 15.9. The lowest BCUT2D eigenvalue weighted by Crippen LogP contribution is -1.96. The summed E-state index contributed by atoms with van der Waals surface area (Å²) in [7, 11) is 1.58. The number of aromatic nitrogens is 1. The maximum atomic E-state index is 6.08. The molecule has 120 valence electrons. The molecule has 0 amide bonds. The van der Waals surface area contributed by atoms with Gasteiger partial charge in [-0.1, -0.05) is 45.7 Å². The van der Waals surface area contributed by atoms with E-state index in [2.05, 4.69) is 51.3 Å². The second kappa shape index (κ2) is 7.73. The van der Waals surface area contributed by atoms with Crippen LogP contribution in [0.25, 0.3) is 5.57 Å². The van der Waals surface area contributed by atoms with Crippen molar-refractivity contribution in [2.75, 3.05) is 12.4 Å². The molecule has 2 aromatic rings. The Morgan fingerprint density at radius 1 is 1.30 bits per heavy atom. The summed E-state index contributed by atoms with van der Waals surface area (Å²) in [5, 5.41) is 2.10. The summed E-state index contributed by atoms with van der Waals surface area (Å²) in [5.74, 6) is 0.450. The molecular formula is C18H17BrClNOS. The molecule has 0 aliphatic heterocycles. The summed E-state index contributed by atoms with van der Waals surface area (Å²) in [5.41, 5.74) is 3.06. The van der Waals surface area contributed by atoms with Crippen LogP contribution in [0, 0.1) is 0 Å². The predicted octanol–water partition coefficient (Wildman–Crippen LogP) is 5.82. The molecule has 1 aromatic carbocycles. The Morgan fingerprint density at radius 2 is 2.04 bits per heavy atom. The van der Waals surface area contributed by atoms with Crippen molar-refractivity contribution in [3.8, 4) is 5.88 Å². The molecule has 1 aliphatic rings. The zero-order valence-electron chi connectivity index (χ0n) is 12.8. The van der Waals surface area contributed by atoms with Gasteiger partial charge in [0.15, 0.2) is 0 Å². The first-order chi connectivity index (χ1) is 11.2. The Bertz CT molecular complexity index is 713. The molecule has 0 N–H and O–H groups in total. The highest BCUT2D eigenvalue weighted by atomic mass is 79.9. The second-order valence-corrected chi connectivity index (χ2v) is 7.73. The fourth-order valence-corrected chi connectivity index (χ4v) is 3.81. The third-order valence-corrected chi connectivity index (χ3v) is 5.52. The lowest BCUT2D eigenvalue weighted by molar-refractivity contribution is 0.398. The minimum Gasteiger partial charge on any atom is -0.480 e.